The quantitative estimate of drug-likeness (QED) is 0.852. The second kappa shape index (κ2) is 7.38. The molecular formula is C18H25N3O2S. The Kier molecular flexibility index (Phi) is 5.23. The van der Waals surface area contributed by atoms with Gasteiger partial charge in [0.05, 0.1) is 12.5 Å². The molecule has 3 fully saturated rings. The summed E-state index contributed by atoms with van der Waals surface area (Å²) < 4.78 is 0. The molecule has 4 heterocycles. The van der Waals surface area contributed by atoms with Gasteiger partial charge in [0.25, 0.3) is 0 Å². The molecule has 1 N–H and O–H groups in total. The lowest BCUT2D eigenvalue weighted by molar-refractivity contribution is -0.139. The standard InChI is InChI=1S/C18H25N3O2S/c1-13(2)7-8-21-15-6-5-14(17(21)22)11-20(12-15)18(23)19-10-16-4-3-9-24-16/h3-4,7,9,14-15H,5-6,8,10-12H2,1-2H3,(H,19,23). The van der Waals surface area contributed by atoms with E-state index in [1.807, 2.05) is 41.2 Å². The van der Waals surface area contributed by atoms with E-state index in [2.05, 4.69) is 11.4 Å². The Morgan fingerprint density at radius 2 is 2.21 bits per heavy atom. The minimum Gasteiger partial charge on any atom is -0.334 e. The zero-order valence-corrected chi connectivity index (χ0v) is 15.1. The van der Waals surface area contributed by atoms with Crippen molar-refractivity contribution in [3.63, 3.8) is 0 Å². The molecule has 3 aliphatic rings. The van der Waals surface area contributed by atoms with Crippen LogP contribution in [0.3, 0.4) is 0 Å². The van der Waals surface area contributed by atoms with Gasteiger partial charge in [0.15, 0.2) is 0 Å². The van der Waals surface area contributed by atoms with Crippen LogP contribution in [-0.4, -0.2) is 47.4 Å². The second-order valence-electron chi connectivity index (χ2n) is 6.84. The summed E-state index contributed by atoms with van der Waals surface area (Å²) in [5.41, 5.74) is 1.22. The van der Waals surface area contributed by atoms with Crippen molar-refractivity contribution in [3.8, 4) is 0 Å². The number of carbonyl (C=O) groups excluding carboxylic acids is 2. The number of rotatable bonds is 4. The molecule has 0 spiro atoms. The number of urea groups is 1. The van der Waals surface area contributed by atoms with Crippen LogP contribution in [0.25, 0.3) is 0 Å². The highest BCUT2D eigenvalue weighted by molar-refractivity contribution is 7.09. The summed E-state index contributed by atoms with van der Waals surface area (Å²) in [4.78, 5) is 30.1. The largest absolute Gasteiger partial charge is 0.334 e. The molecule has 0 saturated carbocycles. The van der Waals surface area contributed by atoms with Crippen LogP contribution in [-0.2, 0) is 11.3 Å². The third-order valence-electron chi connectivity index (χ3n) is 4.77. The predicted octanol–water partition coefficient (Wildman–Crippen LogP) is 2.85. The number of nitrogens with zero attached hydrogens (tertiary/aromatic N) is 2. The average molecular weight is 347 g/mol. The van der Waals surface area contributed by atoms with Gasteiger partial charge in [-0.3, -0.25) is 4.79 Å². The topological polar surface area (TPSA) is 52.7 Å². The third kappa shape index (κ3) is 3.80. The summed E-state index contributed by atoms with van der Waals surface area (Å²) in [6.07, 6.45) is 3.98. The first-order valence-corrected chi connectivity index (χ1v) is 9.41. The van der Waals surface area contributed by atoms with Gasteiger partial charge in [-0.2, -0.15) is 0 Å². The molecule has 6 heteroatoms. The van der Waals surface area contributed by atoms with Crippen LogP contribution >= 0.6 is 11.3 Å². The molecule has 1 aromatic rings. The summed E-state index contributed by atoms with van der Waals surface area (Å²) >= 11 is 1.64. The molecule has 0 aliphatic carbocycles. The maximum atomic E-state index is 12.7. The number of carbonyl (C=O) groups is 2. The van der Waals surface area contributed by atoms with Crippen LogP contribution in [0.2, 0.25) is 0 Å². The fourth-order valence-corrected chi connectivity index (χ4v) is 4.06. The van der Waals surface area contributed by atoms with Crippen LogP contribution in [0.15, 0.2) is 29.2 Å². The molecule has 3 aliphatic heterocycles. The summed E-state index contributed by atoms with van der Waals surface area (Å²) in [7, 11) is 0. The lowest BCUT2D eigenvalue weighted by atomic mass is 9.94. The molecule has 0 aromatic carbocycles. The van der Waals surface area contributed by atoms with E-state index in [4.69, 9.17) is 0 Å². The maximum Gasteiger partial charge on any atom is 0.317 e. The minimum absolute atomic E-state index is 0.0539. The van der Waals surface area contributed by atoms with Gasteiger partial charge in [-0.25, -0.2) is 4.79 Å². The summed E-state index contributed by atoms with van der Waals surface area (Å²) in [5.74, 6) is 0.152. The first kappa shape index (κ1) is 17.0. The summed E-state index contributed by atoms with van der Waals surface area (Å²) in [6.45, 7) is 6.48. The van der Waals surface area contributed by atoms with Gasteiger partial charge in [0, 0.05) is 30.6 Å². The van der Waals surface area contributed by atoms with E-state index < -0.39 is 0 Å². The second-order valence-corrected chi connectivity index (χ2v) is 7.88. The van der Waals surface area contributed by atoms with Crippen molar-refractivity contribution in [1.29, 1.82) is 0 Å². The first-order valence-electron chi connectivity index (χ1n) is 8.53. The number of hydrogen-bond donors (Lipinski definition) is 1. The van der Waals surface area contributed by atoms with Gasteiger partial charge in [-0.05, 0) is 38.1 Å². The summed E-state index contributed by atoms with van der Waals surface area (Å²) in [5, 5.41) is 4.99. The van der Waals surface area contributed by atoms with Gasteiger partial charge in [-0.15, -0.1) is 11.3 Å². The highest BCUT2D eigenvalue weighted by Crippen LogP contribution is 2.29. The number of hydrogen-bond acceptors (Lipinski definition) is 3. The minimum atomic E-state index is -0.0582. The highest BCUT2D eigenvalue weighted by Gasteiger charge is 2.41. The van der Waals surface area contributed by atoms with Gasteiger partial charge < -0.3 is 15.1 Å². The van der Waals surface area contributed by atoms with Crippen LogP contribution in [0.5, 0.6) is 0 Å². The van der Waals surface area contributed by atoms with Crippen LogP contribution < -0.4 is 5.32 Å². The lowest BCUT2D eigenvalue weighted by Gasteiger charge is -2.35. The fourth-order valence-electron chi connectivity index (χ4n) is 3.42. The number of piperidine rings is 1. The molecule has 1 aromatic heterocycles. The van der Waals surface area contributed by atoms with Crippen LogP contribution in [0.4, 0.5) is 4.79 Å². The van der Waals surface area contributed by atoms with Crippen molar-refractivity contribution in [1.82, 2.24) is 15.1 Å². The molecule has 130 valence electrons. The molecule has 5 nitrogen and oxygen atoms in total. The fraction of sp³-hybridized carbons (Fsp3) is 0.556. The molecular weight excluding hydrogens is 322 g/mol. The third-order valence-corrected chi connectivity index (χ3v) is 5.65. The Hall–Kier alpha value is -1.82. The van der Waals surface area contributed by atoms with Crippen molar-refractivity contribution in [3.05, 3.63) is 34.0 Å². The molecule has 0 radical (unpaired) electrons. The normalized spacial score (nSPS) is 23.2. The van der Waals surface area contributed by atoms with Crippen LogP contribution in [0, 0.1) is 5.92 Å². The number of nitrogens with one attached hydrogen (secondary N) is 1. The zero-order chi connectivity index (χ0) is 17.1. The Balaban J connectivity index is 1.64. The Bertz CT molecular complexity index is 622. The van der Waals surface area contributed by atoms with Gasteiger partial charge in [-0.1, -0.05) is 17.7 Å². The highest BCUT2D eigenvalue weighted by atomic mass is 32.1. The number of thiophene rings is 1. The van der Waals surface area contributed by atoms with Gasteiger partial charge in [0.1, 0.15) is 0 Å². The Morgan fingerprint density at radius 1 is 1.38 bits per heavy atom. The summed E-state index contributed by atoms with van der Waals surface area (Å²) in [6, 6.07) is 4.08. The van der Waals surface area contributed by atoms with E-state index in [1.54, 1.807) is 11.3 Å². The van der Waals surface area contributed by atoms with Crippen molar-refractivity contribution in [2.45, 2.75) is 39.3 Å². The van der Waals surface area contributed by atoms with E-state index in [1.165, 1.54) is 5.57 Å². The molecule has 2 atom stereocenters. The van der Waals surface area contributed by atoms with E-state index in [-0.39, 0.29) is 23.9 Å². The van der Waals surface area contributed by atoms with E-state index in [9.17, 15) is 9.59 Å². The Morgan fingerprint density at radius 3 is 2.92 bits per heavy atom. The maximum absolute atomic E-state index is 12.7. The monoisotopic (exact) mass is 347 g/mol. The predicted molar refractivity (Wildman–Crippen MR) is 95.8 cm³/mol. The molecule has 3 saturated heterocycles. The van der Waals surface area contributed by atoms with Gasteiger partial charge >= 0.3 is 6.03 Å². The molecule has 3 amide bonds. The Labute approximate surface area is 147 Å². The zero-order valence-electron chi connectivity index (χ0n) is 14.3. The smallest absolute Gasteiger partial charge is 0.317 e. The average Bonchev–Trinajstić information content (AvgIpc) is 2.92. The lowest BCUT2D eigenvalue weighted by Crippen LogP contribution is -2.48. The van der Waals surface area contributed by atoms with Gasteiger partial charge in [0.2, 0.25) is 5.91 Å². The molecule has 2 bridgehead atoms. The van der Waals surface area contributed by atoms with Crippen molar-refractivity contribution in [2.75, 3.05) is 19.6 Å². The van der Waals surface area contributed by atoms with Crippen molar-refractivity contribution in [2.24, 2.45) is 5.92 Å². The van der Waals surface area contributed by atoms with E-state index in [0.29, 0.717) is 26.2 Å². The molecule has 4 rings (SSSR count). The number of allylic oxidation sites excluding steroid dienone is 1. The number of amides is 3. The van der Waals surface area contributed by atoms with E-state index in [0.717, 1.165) is 17.7 Å². The van der Waals surface area contributed by atoms with E-state index >= 15 is 0 Å². The molecule has 2 unspecified atom stereocenters. The van der Waals surface area contributed by atoms with Crippen LogP contribution in [0.1, 0.15) is 31.6 Å². The SMILES string of the molecule is CC(C)=CCN1C(=O)C2CCC1CN(C(=O)NCc1cccs1)C2. The first-order chi connectivity index (χ1) is 11.5. The molecule has 24 heavy (non-hydrogen) atoms. The van der Waals surface area contributed by atoms with Crippen molar-refractivity contribution < 1.29 is 9.59 Å². The number of fused-ring (bicyclic) bond motifs is 4. The van der Waals surface area contributed by atoms with Crippen molar-refractivity contribution >= 4 is 23.3 Å².